The van der Waals surface area contributed by atoms with E-state index in [2.05, 4.69) is 31.4 Å². The second-order valence-corrected chi connectivity index (χ2v) is 5.13. The van der Waals surface area contributed by atoms with Crippen LogP contribution in [0.2, 0.25) is 0 Å². The lowest BCUT2D eigenvalue weighted by Gasteiger charge is -2.28. The Morgan fingerprint density at radius 2 is 2.22 bits per heavy atom. The second kappa shape index (κ2) is 4.40. The largest absolute Gasteiger partial charge is 0.482 e. The summed E-state index contributed by atoms with van der Waals surface area (Å²) in [5, 5.41) is 6.14. The van der Waals surface area contributed by atoms with Crippen LogP contribution in [0.25, 0.3) is 0 Å². The van der Waals surface area contributed by atoms with Gasteiger partial charge in [0.2, 0.25) is 0 Å². The van der Waals surface area contributed by atoms with Crippen molar-refractivity contribution in [3.8, 4) is 5.75 Å². The molecule has 1 heterocycles. The van der Waals surface area contributed by atoms with Crippen molar-refractivity contribution in [1.82, 2.24) is 0 Å². The van der Waals surface area contributed by atoms with Crippen LogP contribution in [0.5, 0.6) is 5.75 Å². The molecule has 0 saturated carbocycles. The van der Waals surface area contributed by atoms with Crippen molar-refractivity contribution in [3.05, 3.63) is 12.1 Å². The van der Waals surface area contributed by atoms with E-state index in [-0.39, 0.29) is 18.1 Å². The minimum Gasteiger partial charge on any atom is -0.482 e. The van der Waals surface area contributed by atoms with Gasteiger partial charge < -0.3 is 21.1 Å². The van der Waals surface area contributed by atoms with E-state index in [4.69, 9.17) is 10.5 Å². The Morgan fingerprint density at radius 1 is 1.50 bits per heavy atom. The lowest BCUT2D eigenvalue weighted by atomic mass is 10.0. The van der Waals surface area contributed by atoms with Crippen molar-refractivity contribution in [2.75, 3.05) is 23.0 Å². The lowest BCUT2D eigenvalue weighted by molar-refractivity contribution is -0.118. The van der Waals surface area contributed by atoms with E-state index in [1.54, 1.807) is 6.07 Å². The summed E-state index contributed by atoms with van der Waals surface area (Å²) >= 11 is 0. The van der Waals surface area contributed by atoms with Crippen LogP contribution in [-0.2, 0) is 4.79 Å². The van der Waals surface area contributed by atoms with Gasteiger partial charge in [-0.25, -0.2) is 0 Å². The second-order valence-electron chi connectivity index (χ2n) is 5.13. The first kappa shape index (κ1) is 12.5. The summed E-state index contributed by atoms with van der Waals surface area (Å²) in [6.07, 6.45) is 0.965. The maximum atomic E-state index is 11.3. The maximum Gasteiger partial charge on any atom is 0.262 e. The fourth-order valence-corrected chi connectivity index (χ4v) is 1.70. The zero-order valence-corrected chi connectivity index (χ0v) is 11.0. The predicted octanol–water partition coefficient (Wildman–Crippen LogP) is 2.20. The van der Waals surface area contributed by atoms with Crippen molar-refractivity contribution >= 4 is 23.0 Å². The third-order valence-corrected chi connectivity index (χ3v) is 3.14. The van der Waals surface area contributed by atoms with Crippen LogP contribution in [0.3, 0.4) is 0 Å². The van der Waals surface area contributed by atoms with Crippen LogP contribution in [0.4, 0.5) is 17.1 Å². The zero-order valence-electron chi connectivity index (χ0n) is 11.0. The van der Waals surface area contributed by atoms with E-state index in [0.717, 1.165) is 12.1 Å². The van der Waals surface area contributed by atoms with Crippen molar-refractivity contribution in [2.24, 2.45) is 0 Å². The van der Waals surface area contributed by atoms with Crippen LogP contribution < -0.4 is 21.1 Å². The molecule has 5 heteroatoms. The number of nitrogens with one attached hydrogen (secondary N) is 2. The highest BCUT2D eigenvalue weighted by Gasteiger charge is 2.21. The molecule has 0 unspecified atom stereocenters. The van der Waals surface area contributed by atoms with Crippen LogP contribution in [0.1, 0.15) is 27.2 Å². The molecule has 1 aromatic rings. The smallest absolute Gasteiger partial charge is 0.262 e. The predicted molar refractivity (Wildman–Crippen MR) is 73.0 cm³/mol. The number of carbonyl (C=O) groups excluding carboxylic acids is 1. The fourth-order valence-electron chi connectivity index (χ4n) is 1.70. The highest BCUT2D eigenvalue weighted by molar-refractivity contribution is 5.97. The molecule has 1 aliphatic heterocycles. The van der Waals surface area contributed by atoms with Gasteiger partial charge in [-0.05, 0) is 26.3 Å². The van der Waals surface area contributed by atoms with Crippen LogP contribution in [0.15, 0.2) is 12.1 Å². The molecule has 0 atom stereocenters. The Morgan fingerprint density at radius 3 is 2.89 bits per heavy atom. The molecule has 1 amide bonds. The highest BCUT2D eigenvalue weighted by atomic mass is 16.5. The first-order chi connectivity index (χ1) is 8.41. The third-order valence-electron chi connectivity index (χ3n) is 3.14. The van der Waals surface area contributed by atoms with Crippen molar-refractivity contribution in [1.29, 1.82) is 0 Å². The zero-order chi connectivity index (χ0) is 13.3. The van der Waals surface area contributed by atoms with Gasteiger partial charge in [-0.2, -0.15) is 0 Å². The monoisotopic (exact) mass is 249 g/mol. The van der Waals surface area contributed by atoms with Gasteiger partial charge >= 0.3 is 0 Å². The number of ether oxygens (including phenoxy) is 1. The molecular formula is C13H19N3O2. The molecule has 4 N–H and O–H groups in total. The number of benzene rings is 1. The van der Waals surface area contributed by atoms with Gasteiger partial charge in [0.25, 0.3) is 5.91 Å². The molecule has 0 saturated heterocycles. The highest BCUT2D eigenvalue weighted by Crippen LogP contribution is 2.36. The summed E-state index contributed by atoms with van der Waals surface area (Å²) in [7, 11) is 0. The Bertz CT molecular complexity index is 483. The summed E-state index contributed by atoms with van der Waals surface area (Å²) in [4.78, 5) is 11.3. The lowest BCUT2D eigenvalue weighted by Crippen LogP contribution is -2.30. The minimum absolute atomic E-state index is 0.0413. The Labute approximate surface area is 107 Å². The standard InChI is InChI=1S/C13H19N3O2/c1-4-13(2,3)16-9-6-10-11(5-8(9)14)18-7-12(17)15-10/h5-6,16H,4,7,14H2,1-3H3,(H,15,17). The average molecular weight is 249 g/mol. The summed E-state index contributed by atoms with van der Waals surface area (Å²) < 4.78 is 5.31. The minimum atomic E-state index is -0.145. The summed E-state index contributed by atoms with van der Waals surface area (Å²) in [5.74, 6) is 0.472. The molecule has 0 bridgehead atoms. The van der Waals surface area contributed by atoms with Crippen molar-refractivity contribution < 1.29 is 9.53 Å². The number of hydrogen-bond acceptors (Lipinski definition) is 4. The van der Waals surface area contributed by atoms with E-state index in [0.29, 0.717) is 17.1 Å². The Kier molecular flexibility index (Phi) is 3.07. The topological polar surface area (TPSA) is 76.4 Å². The van der Waals surface area contributed by atoms with Gasteiger partial charge in [0.15, 0.2) is 6.61 Å². The van der Waals surface area contributed by atoms with Gasteiger partial charge in [-0.1, -0.05) is 6.92 Å². The summed E-state index contributed by atoms with van der Waals surface area (Å²) in [6.45, 7) is 6.34. The summed E-state index contributed by atoms with van der Waals surface area (Å²) in [6, 6.07) is 3.56. The molecule has 0 aliphatic carbocycles. The number of amides is 1. The molecule has 0 radical (unpaired) electrons. The van der Waals surface area contributed by atoms with Gasteiger partial charge in [0.1, 0.15) is 5.75 Å². The molecule has 98 valence electrons. The maximum absolute atomic E-state index is 11.3. The summed E-state index contributed by atoms with van der Waals surface area (Å²) in [5.41, 5.74) is 8.02. The quantitative estimate of drug-likeness (QED) is 0.718. The number of fused-ring (bicyclic) bond motifs is 1. The first-order valence-corrected chi connectivity index (χ1v) is 6.05. The van der Waals surface area contributed by atoms with Crippen molar-refractivity contribution in [2.45, 2.75) is 32.7 Å². The van der Waals surface area contributed by atoms with Gasteiger partial charge in [-0.15, -0.1) is 0 Å². The van der Waals surface area contributed by atoms with Gasteiger partial charge in [0, 0.05) is 11.6 Å². The van der Waals surface area contributed by atoms with E-state index in [9.17, 15) is 4.79 Å². The molecule has 0 aromatic heterocycles. The number of nitrogens with two attached hydrogens (primary N) is 1. The molecule has 0 spiro atoms. The third kappa shape index (κ3) is 2.50. The van der Waals surface area contributed by atoms with Gasteiger partial charge in [-0.3, -0.25) is 4.79 Å². The molecule has 0 fully saturated rings. The average Bonchev–Trinajstić information content (AvgIpc) is 2.30. The number of hydrogen-bond donors (Lipinski definition) is 3. The number of nitrogen functional groups attached to an aromatic ring is 1. The van der Waals surface area contributed by atoms with E-state index in [1.807, 2.05) is 6.07 Å². The van der Waals surface area contributed by atoms with Crippen molar-refractivity contribution in [3.63, 3.8) is 0 Å². The van der Waals surface area contributed by atoms with E-state index < -0.39 is 0 Å². The molecule has 1 aliphatic rings. The number of carbonyl (C=O) groups is 1. The van der Waals surface area contributed by atoms with Crippen LogP contribution in [0, 0.1) is 0 Å². The molecular weight excluding hydrogens is 230 g/mol. The van der Waals surface area contributed by atoms with E-state index in [1.165, 1.54) is 0 Å². The van der Waals surface area contributed by atoms with E-state index >= 15 is 0 Å². The first-order valence-electron chi connectivity index (χ1n) is 6.05. The molecule has 1 aromatic carbocycles. The fraction of sp³-hybridized carbons (Fsp3) is 0.462. The molecule has 2 rings (SSSR count). The molecule has 18 heavy (non-hydrogen) atoms. The van der Waals surface area contributed by atoms with Gasteiger partial charge in [0.05, 0.1) is 17.1 Å². The van der Waals surface area contributed by atoms with Crippen LogP contribution in [-0.4, -0.2) is 18.1 Å². The van der Waals surface area contributed by atoms with Crippen LogP contribution >= 0.6 is 0 Å². The molecule has 5 nitrogen and oxygen atoms in total. The SMILES string of the molecule is CCC(C)(C)Nc1cc2c(cc1N)OCC(=O)N2. The Balaban J connectivity index is 2.32. The normalized spacial score (nSPS) is 14.5. The Hall–Kier alpha value is -1.91. The number of anilines is 3. The number of rotatable bonds is 3.